The molecule has 0 unspecified atom stereocenters. The van der Waals surface area contributed by atoms with Gasteiger partial charge in [-0.25, -0.2) is 4.79 Å². The van der Waals surface area contributed by atoms with E-state index in [-0.39, 0.29) is 12.6 Å². The fourth-order valence-electron chi connectivity index (χ4n) is 1.88. The zero-order chi connectivity index (χ0) is 13.9. The molecule has 0 heterocycles. The Morgan fingerprint density at radius 3 is 2.53 bits per heavy atom. The minimum absolute atomic E-state index is 0.00348. The van der Waals surface area contributed by atoms with Crippen LogP contribution < -0.4 is 10.6 Å². The highest BCUT2D eigenvalue weighted by atomic mass is 16.3. The molecule has 0 bridgehead atoms. The molecule has 0 aliphatic heterocycles. The third-order valence-corrected chi connectivity index (χ3v) is 3.04. The van der Waals surface area contributed by atoms with Gasteiger partial charge < -0.3 is 15.7 Å². The lowest BCUT2D eigenvalue weighted by atomic mass is 10.1. The lowest BCUT2D eigenvalue weighted by molar-refractivity contribution is 0.240. The summed E-state index contributed by atoms with van der Waals surface area (Å²) in [5.74, 6) is 0. The summed E-state index contributed by atoms with van der Waals surface area (Å²) >= 11 is 0. The first-order valence-electron chi connectivity index (χ1n) is 6.97. The van der Waals surface area contributed by atoms with Crippen molar-refractivity contribution in [2.75, 3.05) is 6.54 Å². The summed E-state index contributed by atoms with van der Waals surface area (Å²) in [6, 6.07) is 7.40. The molecule has 1 aromatic rings. The molecule has 3 N–H and O–H groups in total. The lowest BCUT2D eigenvalue weighted by Crippen LogP contribution is -2.35. The predicted molar refractivity (Wildman–Crippen MR) is 76.7 cm³/mol. The first-order valence-corrected chi connectivity index (χ1v) is 6.97. The molecular weight excluding hydrogens is 240 g/mol. The van der Waals surface area contributed by atoms with E-state index in [4.69, 9.17) is 0 Å². The van der Waals surface area contributed by atoms with Crippen LogP contribution in [-0.2, 0) is 13.2 Å². The van der Waals surface area contributed by atoms with Gasteiger partial charge in [0.2, 0.25) is 0 Å². The molecule has 1 rings (SSSR count). The van der Waals surface area contributed by atoms with E-state index in [0.29, 0.717) is 13.1 Å². The van der Waals surface area contributed by atoms with Gasteiger partial charge in [0.25, 0.3) is 0 Å². The van der Waals surface area contributed by atoms with E-state index in [1.807, 2.05) is 24.3 Å². The number of amides is 2. The highest BCUT2D eigenvalue weighted by Gasteiger charge is 2.03. The van der Waals surface area contributed by atoms with Crippen molar-refractivity contribution >= 4 is 6.03 Å². The highest BCUT2D eigenvalue weighted by Crippen LogP contribution is 2.07. The Labute approximate surface area is 115 Å². The first-order chi connectivity index (χ1) is 9.27. The normalized spacial score (nSPS) is 10.2. The van der Waals surface area contributed by atoms with Crippen molar-refractivity contribution in [2.24, 2.45) is 0 Å². The highest BCUT2D eigenvalue weighted by molar-refractivity contribution is 5.73. The van der Waals surface area contributed by atoms with E-state index in [1.165, 1.54) is 12.8 Å². The number of carbonyl (C=O) groups is 1. The van der Waals surface area contributed by atoms with Crippen molar-refractivity contribution < 1.29 is 9.90 Å². The van der Waals surface area contributed by atoms with Crippen LogP contribution in [0.2, 0.25) is 0 Å². The Morgan fingerprint density at radius 2 is 1.84 bits per heavy atom. The van der Waals surface area contributed by atoms with Gasteiger partial charge in [-0.15, -0.1) is 0 Å². The Morgan fingerprint density at radius 1 is 1.11 bits per heavy atom. The maximum Gasteiger partial charge on any atom is 0.315 e. The predicted octanol–water partition coefficient (Wildman–Crippen LogP) is 2.56. The minimum Gasteiger partial charge on any atom is -0.392 e. The molecule has 0 atom stereocenters. The van der Waals surface area contributed by atoms with Crippen LogP contribution >= 0.6 is 0 Å². The monoisotopic (exact) mass is 264 g/mol. The average Bonchev–Trinajstić information content (AvgIpc) is 2.45. The van der Waals surface area contributed by atoms with Crippen LogP contribution in [-0.4, -0.2) is 17.7 Å². The molecule has 1 aromatic carbocycles. The van der Waals surface area contributed by atoms with Gasteiger partial charge in [0.15, 0.2) is 0 Å². The molecule has 0 radical (unpaired) electrons. The third-order valence-electron chi connectivity index (χ3n) is 3.04. The minimum atomic E-state index is -0.149. The number of rotatable bonds is 8. The van der Waals surface area contributed by atoms with Crippen molar-refractivity contribution in [2.45, 2.75) is 45.8 Å². The smallest absolute Gasteiger partial charge is 0.315 e. The number of aliphatic hydroxyl groups is 1. The summed E-state index contributed by atoms with van der Waals surface area (Å²) in [5.41, 5.74) is 1.80. The number of nitrogens with one attached hydrogen (secondary N) is 2. The largest absolute Gasteiger partial charge is 0.392 e. The summed E-state index contributed by atoms with van der Waals surface area (Å²) < 4.78 is 0. The van der Waals surface area contributed by atoms with E-state index in [2.05, 4.69) is 17.6 Å². The summed E-state index contributed by atoms with van der Waals surface area (Å²) in [7, 11) is 0. The molecule has 0 aliphatic rings. The maximum atomic E-state index is 11.6. The van der Waals surface area contributed by atoms with Crippen LogP contribution in [0.4, 0.5) is 4.79 Å². The molecule has 0 aliphatic carbocycles. The quantitative estimate of drug-likeness (QED) is 0.632. The standard InChI is InChI=1S/C15H24N2O2/c1-2-3-4-7-10-16-15(19)17-11-13-8-5-6-9-14(13)12-18/h5-6,8-9,18H,2-4,7,10-12H2,1H3,(H2,16,17,19). The third kappa shape index (κ3) is 6.25. The van der Waals surface area contributed by atoms with E-state index in [1.54, 1.807) is 0 Å². The van der Waals surface area contributed by atoms with E-state index in [0.717, 1.165) is 24.0 Å². The molecule has 0 fully saturated rings. The van der Waals surface area contributed by atoms with Crippen LogP contribution in [0.5, 0.6) is 0 Å². The zero-order valence-electron chi connectivity index (χ0n) is 11.6. The van der Waals surface area contributed by atoms with E-state index >= 15 is 0 Å². The lowest BCUT2D eigenvalue weighted by Gasteiger charge is -2.10. The van der Waals surface area contributed by atoms with Gasteiger partial charge in [0, 0.05) is 13.1 Å². The fraction of sp³-hybridized carbons (Fsp3) is 0.533. The number of urea groups is 1. The molecule has 19 heavy (non-hydrogen) atoms. The Balaban J connectivity index is 2.22. The van der Waals surface area contributed by atoms with Crippen LogP contribution in [0.25, 0.3) is 0 Å². The maximum absolute atomic E-state index is 11.6. The number of aliphatic hydroxyl groups excluding tert-OH is 1. The van der Waals surface area contributed by atoms with Gasteiger partial charge in [0.05, 0.1) is 6.61 Å². The molecule has 0 spiro atoms. The SMILES string of the molecule is CCCCCCNC(=O)NCc1ccccc1CO. The Kier molecular flexibility index (Phi) is 7.66. The van der Waals surface area contributed by atoms with Crippen molar-refractivity contribution in [1.29, 1.82) is 0 Å². The Bertz CT molecular complexity index is 380. The fourth-order valence-corrected chi connectivity index (χ4v) is 1.88. The van der Waals surface area contributed by atoms with Crippen molar-refractivity contribution in [1.82, 2.24) is 10.6 Å². The molecule has 0 saturated heterocycles. The second-order valence-corrected chi connectivity index (χ2v) is 4.60. The number of carbonyl (C=O) groups excluding carboxylic acids is 1. The first kappa shape index (κ1) is 15.5. The second-order valence-electron chi connectivity index (χ2n) is 4.60. The summed E-state index contributed by atoms with van der Waals surface area (Å²) in [5, 5.41) is 14.8. The molecule has 106 valence electrons. The van der Waals surface area contributed by atoms with Crippen LogP contribution in [0.1, 0.15) is 43.7 Å². The molecule has 0 aromatic heterocycles. The van der Waals surface area contributed by atoms with Gasteiger partial charge in [0.1, 0.15) is 0 Å². The molecular formula is C15H24N2O2. The zero-order valence-corrected chi connectivity index (χ0v) is 11.6. The van der Waals surface area contributed by atoms with Crippen molar-refractivity contribution in [3.63, 3.8) is 0 Å². The number of benzene rings is 1. The number of hydrogen-bond acceptors (Lipinski definition) is 2. The van der Waals surface area contributed by atoms with Gasteiger partial charge in [-0.3, -0.25) is 0 Å². The van der Waals surface area contributed by atoms with Gasteiger partial charge in [-0.2, -0.15) is 0 Å². The Hall–Kier alpha value is -1.55. The van der Waals surface area contributed by atoms with Crippen molar-refractivity contribution in [3.8, 4) is 0 Å². The topological polar surface area (TPSA) is 61.4 Å². The van der Waals surface area contributed by atoms with Crippen LogP contribution in [0.3, 0.4) is 0 Å². The van der Waals surface area contributed by atoms with Gasteiger partial charge in [-0.1, -0.05) is 50.5 Å². The summed E-state index contributed by atoms with van der Waals surface area (Å²) in [6.07, 6.45) is 4.59. The average molecular weight is 264 g/mol. The number of hydrogen-bond donors (Lipinski definition) is 3. The molecule has 0 saturated carbocycles. The van der Waals surface area contributed by atoms with Gasteiger partial charge in [-0.05, 0) is 17.5 Å². The molecule has 4 nitrogen and oxygen atoms in total. The molecule has 2 amide bonds. The number of unbranched alkanes of at least 4 members (excludes halogenated alkanes) is 3. The molecule has 4 heteroatoms. The van der Waals surface area contributed by atoms with Crippen LogP contribution in [0.15, 0.2) is 24.3 Å². The van der Waals surface area contributed by atoms with Crippen LogP contribution in [0, 0.1) is 0 Å². The van der Waals surface area contributed by atoms with E-state index in [9.17, 15) is 9.90 Å². The summed E-state index contributed by atoms with van der Waals surface area (Å²) in [4.78, 5) is 11.6. The van der Waals surface area contributed by atoms with E-state index < -0.39 is 0 Å². The summed E-state index contributed by atoms with van der Waals surface area (Å²) in [6.45, 7) is 3.32. The van der Waals surface area contributed by atoms with Gasteiger partial charge >= 0.3 is 6.03 Å². The second kappa shape index (κ2) is 9.39. The van der Waals surface area contributed by atoms with Crippen molar-refractivity contribution in [3.05, 3.63) is 35.4 Å².